The van der Waals surface area contributed by atoms with Gasteiger partial charge in [-0.05, 0) is 50.0 Å². The minimum absolute atomic E-state index is 0.154. The molecule has 0 bridgehead atoms. The lowest BCUT2D eigenvalue weighted by molar-refractivity contribution is 0.103. The summed E-state index contributed by atoms with van der Waals surface area (Å²) in [6.07, 6.45) is 1.27. The van der Waals surface area contributed by atoms with Gasteiger partial charge in [0.2, 0.25) is 0 Å². The molecule has 1 aliphatic rings. The standard InChI is InChI=1S/C19H21NO/c1-14-7-5-8-15(2)18(14)19(21)17-10-4-3-9-16(17)13-20-11-6-12-20/h3-5,7-10H,6,11-13H2,1-2H3. The summed E-state index contributed by atoms with van der Waals surface area (Å²) in [5.41, 5.74) is 4.96. The topological polar surface area (TPSA) is 20.3 Å². The molecule has 1 aliphatic heterocycles. The van der Waals surface area contributed by atoms with Crippen molar-refractivity contribution in [2.45, 2.75) is 26.8 Å². The van der Waals surface area contributed by atoms with Crippen molar-refractivity contribution in [1.29, 1.82) is 0 Å². The molecule has 0 radical (unpaired) electrons. The van der Waals surface area contributed by atoms with Gasteiger partial charge in [0.05, 0.1) is 0 Å². The van der Waals surface area contributed by atoms with Gasteiger partial charge in [-0.1, -0.05) is 42.5 Å². The molecular formula is C19H21NO. The molecule has 0 unspecified atom stereocenters. The van der Waals surface area contributed by atoms with Crippen LogP contribution in [0.15, 0.2) is 42.5 Å². The van der Waals surface area contributed by atoms with Crippen molar-refractivity contribution < 1.29 is 4.79 Å². The Morgan fingerprint density at radius 3 is 2.29 bits per heavy atom. The average Bonchev–Trinajstić information content (AvgIpc) is 2.43. The van der Waals surface area contributed by atoms with Crippen LogP contribution in [0.4, 0.5) is 0 Å². The summed E-state index contributed by atoms with van der Waals surface area (Å²) >= 11 is 0. The molecule has 0 amide bonds. The fraction of sp³-hybridized carbons (Fsp3) is 0.316. The van der Waals surface area contributed by atoms with E-state index in [2.05, 4.69) is 11.0 Å². The molecule has 1 saturated heterocycles. The third-order valence-corrected chi connectivity index (χ3v) is 4.31. The van der Waals surface area contributed by atoms with Gasteiger partial charge < -0.3 is 0 Å². The number of carbonyl (C=O) groups is 1. The zero-order valence-electron chi connectivity index (χ0n) is 12.7. The molecular weight excluding hydrogens is 258 g/mol. The lowest BCUT2D eigenvalue weighted by Crippen LogP contribution is -2.36. The quantitative estimate of drug-likeness (QED) is 0.795. The number of aryl methyl sites for hydroxylation is 2. The van der Waals surface area contributed by atoms with Gasteiger partial charge in [0.25, 0.3) is 0 Å². The van der Waals surface area contributed by atoms with Crippen LogP contribution in [0.2, 0.25) is 0 Å². The Balaban J connectivity index is 1.97. The van der Waals surface area contributed by atoms with E-state index in [0.29, 0.717) is 0 Å². The van der Waals surface area contributed by atoms with Crippen LogP contribution in [0.5, 0.6) is 0 Å². The Labute approximate surface area is 126 Å². The number of ketones is 1. The highest BCUT2D eigenvalue weighted by Gasteiger charge is 2.20. The summed E-state index contributed by atoms with van der Waals surface area (Å²) in [6.45, 7) is 7.20. The first-order valence-electron chi connectivity index (χ1n) is 7.58. The second-order valence-corrected chi connectivity index (χ2v) is 5.88. The minimum Gasteiger partial charge on any atom is -0.299 e. The van der Waals surface area contributed by atoms with Gasteiger partial charge in [-0.25, -0.2) is 0 Å². The number of hydrogen-bond donors (Lipinski definition) is 0. The van der Waals surface area contributed by atoms with Crippen LogP contribution in [0.3, 0.4) is 0 Å². The van der Waals surface area contributed by atoms with Crippen LogP contribution in [-0.4, -0.2) is 23.8 Å². The van der Waals surface area contributed by atoms with Gasteiger partial charge in [0, 0.05) is 17.7 Å². The van der Waals surface area contributed by atoms with E-state index in [4.69, 9.17) is 0 Å². The zero-order chi connectivity index (χ0) is 14.8. The monoisotopic (exact) mass is 279 g/mol. The van der Waals surface area contributed by atoms with Crippen LogP contribution in [0, 0.1) is 13.8 Å². The van der Waals surface area contributed by atoms with Gasteiger partial charge in [0.1, 0.15) is 0 Å². The van der Waals surface area contributed by atoms with Crippen molar-refractivity contribution in [1.82, 2.24) is 4.90 Å². The molecule has 0 N–H and O–H groups in total. The number of benzene rings is 2. The first kappa shape index (κ1) is 14.0. The molecule has 2 heteroatoms. The second-order valence-electron chi connectivity index (χ2n) is 5.88. The third-order valence-electron chi connectivity index (χ3n) is 4.31. The van der Waals surface area contributed by atoms with E-state index in [0.717, 1.165) is 47.5 Å². The van der Waals surface area contributed by atoms with Crippen LogP contribution in [0.25, 0.3) is 0 Å². The molecule has 108 valence electrons. The lowest BCUT2D eigenvalue weighted by Gasteiger charge is -2.31. The van der Waals surface area contributed by atoms with Gasteiger partial charge in [0.15, 0.2) is 5.78 Å². The lowest BCUT2D eigenvalue weighted by atomic mass is 9.92. The van der Waals surface area contributed by atoms with Crippen molar-refractivity contribution >= 4 is 5.78 Å². The summed E-state index contributed by atoms with van der Waals surface area (Å²) in [6, 6.07) is 14.1. The van der Waals surface area contributed by atoms with E-state index in [-0.39, 0.29) is 5.78 Å². The fourth-order valence-electron chi connectivity index (χ4n) is 2.97. The van der Waals surface area contributed by atoms with Gasteiger partial charge >= 0.3 is 0 Å². The summed E-state index contributed by atoms with van der Waals surface area (Å²) in [7, 11) is 0. The molecule has 0 aromatic heterocycles. The molecule has 2 nitrogen and oxygen atoms in total. The highest BCUT2D eigenvalue weighted by molar-refractivity contribution is 6.11. The predicted molar refractivity (Wildman–Crippen MR) is 85.7 cm³/mol. The molecule has 1 fully saturated rings. The van der Waals surface area contributed by atoms with Gasteiger partial charge in [-0.3, -0.25) is 9.69 Å². The van der Waals surface area contributed by atoms with E-state index in [1.807, 2.05) is 50.2 Å². The Kier molecular flexibility index (Phi) is 3.89. The Morgan fingerprint density at radius 1 is 1.00 bits per heavy atom. The Bertz CT molecular complexity index is 651. The van der Waals surface area contributed by atoms with Crippen molar-refractivity contribution in [3.63, 3.8) is 0 Å². The van der Waals surface area contributed by atoms with Crippen LogP contribution >= 0.6 is 0 Å². The predicted octanol–water partition coefficient (Wildman–Crippen LogP) is 3.74. The number of likely N-dealkylation sites (tertiary alicyclic amines) is 1. The van der Waals surface area contributed by atoms with Crippen LogP contribution in [-0.2, 0) is 6.54 Å². The third kappa shape index (κ3) is 2.77. The van der Waals surface area contributed by atoms with E-state index in [1.54, 1.807) is 0 Å². The highest BCUT2D eigenvalue weighted by atomic mass is 16.1. The zero-order valence-corrected chi connectivity index (χ0v) is 12.7. The maximum atomic E-state index is 13.0. The number of carbonyl (C=O) groups excluding carboxylic acids is 1. The average molecular weight is 279 g/mol. The number of nitrogens with zero attached hydrogens (tertiary/aromatic N) is 1. The molecule has 21 heavy (non-hydrogen) atoms. The second kappa shape index (κ2) is 5.82. The molecule has 0 atom stereocenters. The fourth-order valence-corrected chi connectivity index (χ4v) is 2.97. The number of rotatable bonds is 4. The normalized spacial score (nSPS) is 14.8. The molecule has 3 rings (SSSR count). The van der Waals surface area contributed by atoms with Crippen molar-refractivity contribution in [2.24, 2.45) is 0 Å². The smallest absolute Gasteiger partial charge is 0.193 e. The SMILES string of the molecule is Cc1cccc(C)c1C(=O)c1ccccc1CN1CCC1. The van der Waals surface area contributed by atoms with E-state index in [9.17, 15) is 4.79 Å². The maximum absolute atomic E-state index is 13.0. The maximum Gasteiger partial charge on any atom is 0.193 e. The molecule has 0 saturated carbocycles. The molecule has 1 heterocycles. The first-order chi connectivity index (χ1) is 10.2. The van der Waals surface area contributed by atoms with Crippen LogP contribution in [0.1, 0.15) is 39.0 Å². The Morgan fingerprint density at radius 2 is 1.67 bits per heavy atom. The van der Waals surface area contributed by atoms with Crippen molar-refractivity contribution in [3.8, 4) is 0 Å². The number of hydrogen-bond acceptors (Lipinski definition) is 2. The van der Waals surface area contributed by atoms with Crippen molar-refractivity contribution in [3.05, 3.63) is 70.3 Å². The summed E-state index contributed by atoms with van der Waals surface area (Å²) < 4.78 is 0. The highest BCUT2D eigenvalue weighted by Crippen LogP contribution is 2.22. The molecule has 0 spiro atoms. The van der Waals surface area contributed by atoms with Gasteiger partial charge in [-0.2, -0.15) is 0 Å². The van der Waals surface area contributed by atoms with E-state index in [1.165, 1.54) is 6.42 Å². The minimum atomic E-state index is 0.154. The first-order valence-corrected chi connectivity index (χ1v) is 7.58. The summed E-state index contributed by atoms with van der Waals surface area (Å²) in [5.74, 6) is 0.154. The molecule has 0 aliphatic carbocycles. The van der Waals surface area contributed by atoms with Crippen molar-refractivity contribution in [2.75, 3.05) is 13.1 Å². The molecule has 2 aromatic carbocycles. The van der Waals surface area contributed by atoms with Crippen LogP contribution < -0.4 is 0 Å². The summed E-state index contributed by atoms with van der Waals surface area (Å²) in [5, 5.41) is 0. The van der Waals surface area contributed by atoms with E-state index < -0.39 is 0 Å². The molecule has 2 aromatic rings. The Hall–Kier alpha value is -1.93. The van der Waals surface area contributed by atoms with Gasteiger partial charge in [-0.15, -0.1) is 0 Å². The summed E-state index contributed by atoms with van der Waals surface area (Å²) in [4.78, 5) is 15.4. The largest absolute Gasteiger partial charge is 0.299 e. The van der Waals surface area contributed by atoms with E-state index >= 15 is 0 Å².